The number of hydrogen-bond donors (Lipinski definition) is 3. The van der Waals surface area contributed by atoms with Crippen LogP contribution in [0, 0.1) is 11.7 Å². The number of carbonyl (C=O) groups is 1. The molecule has 0 saturated heterocycles. The van der Waals surface area contributed by atoms with Crippen LogP contribution in [-0.4, -0.2) is 37.1 Å². The first-order chi connectivity index (χ1) is 14.0. The number of rotatable bonds is 8. The van der Waals surface area contributed by atoms with Crippen molar-refractivity contribution in [3.8, 4) is 5.75 Å². The van der Waals surface area contributed by atoms with Crippen LogP contribution in [0.25, 0.3) is 0 Å². The Hall–Kier alpha value is -2.43. The minimum atomic E-state index is -0.379. The number of nitrogens with zero attached hydrogens (tertiary/aromatic N) is 2. The van der Waals surface area contributed by atoms with E-state index in [2.05, 4.69) is 25.9 Å². The summed E-state index contributed by atoms with van der Waals surface area (Å²) in [6, 6.07) is 8.23. The van der Waals surface area contributed by atoms with E-state index in [-0.39, 0.29) is 54.0 Å². The molecule has 1 aliphatic carbocycles. The number of amides is 1. The van der Waals surface area contributed by atoms with Crippen LogP contribution in [0.1, 0.15) is 31.4 Å². The van der Waals surface area contributed by atoms with E-state index in [1.165, 1.54) is 6.07 Å². The highest BCUT2D eigenvalue weighted by atomic mass is 127. The summed E-state index contributed by atoms with van der Waals surface area (Å²) >= 11 is 0. The molecule has 1 atom stereocenters. The molecule has 1 unspecified atom stereocenters. The van der Waals surface area contributed by atoms with Crippen molar-refractivity contribution in [2.45, 2.75) is 25.8 Å². The van der Waals surface area contributed by atoms with Crippen LogP contribution < -0.4 is 20.7 Å². The molecule has 2 aromatic rings. The summed E-state index contributed by atoms with van der Waals surface area (Å²) in [6.45, 7) is 2.49. The van der Waals surface area contributed by atoms with Gasteiger partial charge in [-0.05, 0) is 55.5 Å². The van der Waals surface area contributed by atoms with Gasteiger partial charge in [0.15, 0.2) is 17.5 Å². The number of carbonyl (C=O) groups excluding carboxylic acids is 1. The van der Waals surface area contributed by atoms with E-state index in [1.807, 2.05) is 13.0 Å². The average Bonchev–Trinajstić information content (AvgIpc) is 3.55. The number of aliphatic imine (C=N–C) groups is 1. The third-order valence-corrected chi connectivity index (χ3v) is 4.57. The summed E-state index contributed by atoms with van der Waals surface area (Å²) in [7, 11) is 1.61. The fraction of sp³-hybridized carbons (Fsp3) is 0.381. The van der Waals surface area contributed by atoms with E-state index in [9.17, 15) is 9.18 Å². The number of hydrogen-bond acceptors (Lipinski definition) is 4. The first-order valence-electron chi connectivity index (χ1n) is 9.64. The van der Waals surface area contributed by atoms with Crippen molar-refractivity contribution >= 4 is 41.5 Å². The summed E-state index contributed by atoms with van der Waals surface area (Å²) in [6.07, 6.45) is 5.52. The van der Waals surface area contributed by atoms with E-state index in [0.717, 1.165) is 18.4 Å². The maximum absolute atomic E-state index is 14.3. The number of benzene rings is 1. The van der Waals surface area contributed by atoms with Gasteiger partial charge in [0.05, 0.1) is 31.1 Å². The first-order valence-corrected chi connectivity index (χ1v) is 9.64. The summed E-state index contributed by atoms with van der Waals surface area (Å²) in [5, 5.41) is 8.83. The summed E-state index contributed by atoms with van der Waals surface area (Å²) < 4.78 is 19.8. The molecule has 0 spiro atoms. The standard InChI is InChI=1S/C21H26FN5O2.HI/c1-14(16-7-8-19(18(22)10-16)29-13-15-5-6-15)26-21(23-2)25-12-20(28)27-17-4-3-9-24-11-17;/h3-4,7-11,14-15H,5-6,12-13H2,1-2H3,(H,27,28)(H2,23,25,26);1H. The molecule has 7 nitrogen and oxygen atoms in total. The monoisotopic (exact) mass is 527 g/mol. The summed E-state index contributed by atoms with van der Waals surface area (Å²) in [5.74, 6) is 0.683. The van der Waals surface area contributed by atoms with E-state index in [0.29, 0.717) is 24.2 Å². The minimum absolute atomic E-state index is 0. The van der Waals surface area contributed by atoms with Crippen LogP contribution in [-0.2, 0) is 4.79 Å². The van der Waals surface area contributed by atoms with Crippen molar-refractivity contribution in [1.29, 1.82) is 0 Å². The van der Waals surface area contributed by atoms with Crippen LogP contribution in [0.2, 0.25) is 0 Å². The van der Waals surface area contributed by atoms with Crippen LogP contribution in [0.4, 0.5) is 10.1 Å². The predicted octanol–water partition coefficient (Wildman–Crippen LogP) is 3.49. The molecular formula is C21H27FIN5O2. The number of pyridine rings is 1. The normalized spacial score (nSPS) is 14.3. The highest BCUT2D eigenvalue weighted by molar-refractivity contribution is 14.0. The fourth-order valence-corrected chi connectivity index (χ4v) is 2.68. The molecule has 0 aliphatic heterocycles. The van der Waals surface area contributed by atoms with E-state index >= 15 is 0 Å². The molecule has 1 heterocycles. The number of aromatic nitrogens is 1. The molecule has 1 aromatic heterocycles. The third kappa shape index (κ3) is 7.43. The van der Waals surface area contributed by atoms with Crippen LogP contribution in [0.5, 0.6) is 5.75 Å². The molecular weight excluding hydrogens is 500 g/mol. The van der Waals surface area contributed by atoms with Gasteiger partial charge in [-0.1, -0.05) is 6.07 Å². The van der Waals surface area contributed by atoms with Gasteiger partial charge < -0.3 is 20.7 Å². The molecule has 30 heavy (non-hydrogen) atoms. The first kappa shape index (κ1) is 23.8. The van der Waals surface area contributed by atoms with Gasteiger partial charge in [0, 0.05) is 13.2 Å². The number of ether oxygens (including phenoxy) is 1. The number of nitrogens with one attached hydrogen (secondary N) is 3. The van der Waals surface area contributed by atoms with Crippen LogP contribution >= 0.6 is 24.0 Å². The maximum atomic E-state index is 14.3. The number of anilines is 1. The van der Waals surface area contributed by atoms with Crippen molar-refractivity contribution in [1.82, 2.24) is 15.6 Å². The molecule has 3 rings (SSSR count). The smallest absolute Gasteiger partial charge is 0.243 e. The molecule has 1 amide bonds. The summed E-state index contributed by atoms with van der Waals surface area (Å²) in [5.41, 5.74) is 1.37. The highest BCUT2D eigenvalue weighted by Gasteiger charge is 2.22. The molecule has 1 aromatic carbocycles. The second kappa shape index (κ2) is 11.7. The van der Waals surface area contributed by atoms with Crippen molar-refractivity contribution in [2.24, 2.45) is 10.9 Å². The molecule has 0 bridgehead atoms. The minimum Gasteiger partial charge on any atom is -0.490 e. The zero-order valence-corrected chi connectivity index (χ0v) is 19.4. The van der Waals surface area contributed by atoms with Gasteiger partial charge in [-0.25, -0.2) is 4.39 Å². The molecule has 1 saturated carbocycles. The topological polar surface area (TPSA) is 87.6 Å². The second-order valence-corrected chi connectivity index (χ2v) is 7.03. The summed E-state index contributed by atoms with van der Waals surface area (Å²) in [4.78, 5) is 20.1. The maximum Gasteiger partial charge on any atom is 0.243 e. The largest absolute Gasteiger partial charge is 0.490 e. The van der Waals surface area contributed by atoms with Gasteiger partial charge in [-0.15, -0.1) is 24.0 Å². The Kier molecular flexibility index (Phi) is 9.28. The van der Waals surface area contributed by atoms with E-state index in [4.69, 9.17) is 4.74 Å². The Morgan fingerprint density at radius 3 is 2.80 bits per heavy atom. The molecule has 3 N–H and O–H groups in total. The molecule has 1 fully saturated rings. The van der Waals surface area contributed by atoms with Crippen LogP contribution in [0.3, 0.4) is 0 Å². The Balaban J connectivity index is 0.00000320. The lowest BCUT2D eigenvalue weighted by Gasteiger charge is -2.19. The Morgan fingerprint density at radius 2 is 2.17 bits per heavy atom. The van der Waals surface area contributed by atoms with Crippen LogP contribution in [0.15, 0.2) is 47.7 Å². The Labute approximate surface area is 192 Å². The third-order valence-electron chi connectivity index (χ3n) is 4.57. The lowest BCUT2D eigenvalue weighted by atomic mass is 10.1. The lowest BCUT2D eigenvalue weighted by Crippen LogP contribution is -2.42. The SMILES string of the molecule is CN=C(NCC(=O)Nc1cccnc1)NC(C)c1ccc(OCC2CC2)c(F)c1.I. The quantitative estimate of drug-likeness (QED) is 0.278. The van der Waals surface area contributed by atoms with Crippen molar-refractivity contribution < 1.29 is 13.9 Å². The van der Waals surface area contributed by atoms with Gasteiger partial charge in [0.25, 0.3) is 0 Å². The number of guanidine groups is 1. The predicted molar refractivity (Wildman–Crippen MR) is 126 cm³/mol. The van der Waals surface area contributed by atoms with Crippen molar-refractivity contribution in [3.05, 3.63) is 54.1 Å². The van der Waals surface area contributed by atoms with Gasteiger partial charge in [0.2, 0.25) is 5.91 Å². The average molecular weight is 527 g/mol. The second-order valence-electron chi connectivity index (χ2n) is 7.03. The highest BCUT2D eigenvalue weighted by Crippen LogP contribution is 2.30. The van der Waals surface area contributed by atoms with E-state index in [1.54, 1.807) is 37.6 Å². The Morgan fingerprint density at radius 1 is 1.37 bits per heavy atom. The lowest BCUT2D eigenvalue weighted by molar-refractivity contribution is -0.115. The van der Waals surface area contributed by atoms with Gasteiger partial charge in [-0.2, -0.15) is 0 Å². The van der Waals surface area contributed by atoms with Gasteiger partial charge in [0.1, 0.15) is 0 Å². The van der Waals surface area contributed by atoms with Crippen molar-refractivity contribution in [3.63, 3.8) is 0 Å². The molecule has 1 aliphatic rings. The van der Waals surface area contributed by atoms with Gasteiger partial charge in [-0.3, -0.25) is 14.8 Å². The molecule has 0 radical (unpaired) electrons. The molecule has 162 valence electrons. The Bertz CT molecular complexity index is 862. The van der Waals surface area contributed by atoms with Crippen molar-refractivity contribution in [2.75, 3.05) is 25.5 Å². The number of halogens is 2. The van der Waals surface area contributed by atoms with E-state index < -0.39 is 0 Å². The zero-order valence-electron chi connectivity index (χ0n) is 17.0. The zero-order chi connectivity index (χ0) is 20.6. The fourth-order valence-electron chi connectivity index (χ4n) is 2.68. The molecule has 9 heteroatoms. The van der Waals surface area contributed by atoms with Gasteiger partial charge >= 0.3 is 0 Å².